The van der Waals surface area contributed by atoms with Gasteiger partial charge >= 0.3 is 0 Å². The van der Waals surface area contributed by atoms with Crippen LogP contribution in [0.1, 0.15) is 24.9 Å². The highest BCUT2D eigenvalue weighted by atomic mass is 16.5. The summed E-state index contributed by atoms with van der Waals surface area (Å²) in [5, 5.41) is 13.9. The maximum Gasteiger partial charge on any atom is 0.105 e. The van der Waals surface area contributed by atoms with E-state index >= 15 is 0 Å². The highest BCUT2D eigenvalue weighted by molar-refractivity contribution is 5.19. The molecule has 2 rings (SSSR count). The first kappa shape index (κ1) is 14.5. The summed E-state index contributed by atoms with van der Waals surface area (Å²) in [7, 11) is 1.69. The Morgan fingerprint density at radius 2 is 2.21 bits per heavy atom. The van der Waals surface area contributed by atoms with Gasteiger partial charge in [0.15, 0.2) is 0 Å². The number of hydrogen-bond donors (Lipinski definition) is 2. The maximum atomic E-state index is 10.5. The number of rotatable bonds is 6. The van der Waals surface area contributed by atoms with Crippen LogP contribution in [0, 0.1) is 0 Å². The molecule has 1 aromatic rings. The molecule has 1 fully saturated rings. The van der Waals surface area contributed by atoms with Crippen LogP contribution in [0.2, 0.25) is 0 Å². The average Bonchev–Trinajstić information content (AvgIpc) is 2.76. The van der Waals surface area contributed by atoms with E-state index in [0.29, 0.717) is 26.2 Å². The molecule has 4 nitrogen and oxygen atoms in total. The van der Waals surface area contributed by atoms with Gasteiger partial charge in [-0.2, -0.15) is 0 Å². The minimum absolute atomic E-state index is 0.0861. The molecule has 0 aliphatic carbocycles. The van der Waals surface area contributed by atoms with Crippen LogP contribution in [0.15, 0.2) is 30.3 Å². The molecule has 106 valence electrons. The molecule has 1 saturated heterocycles. The molecule has 1 aliphatic rings. The normalized spacial score (nSPS) is 28.5. The summed E-state index contributed by atoms with van der Waals surface area (Å²) in [6.07, 6.45) is 0.550. The molecule has 0 radical (unpaired) electrons. The zero-order chi connectivity index (χ0) is 13.7. The predicted molar refractivity (Wildman–Crippen MR) is 74.0 cm³/mol. The summed E-state index contributed by atoms with van der Waals surface area (Å²) in [5.41, 5.74) is 0.389. The molecular formula is C15H23NO3. The van der Waals surface area contributed by atoms with Crippen molar-refractivity contribution in [2.75, 3.05) is 26.9 Å². The lowest BCUT2D eigenvalue weighted by atomic mass is 9.95. The molecule has 3 unspecified atom stereocenters. The lowest BCUT2D eigenvalue weighted by Gasteiger charge is -2.29. The molecule has 1 aromatic carbocycles. The Labute approximate surface area is 114 Å². The van der Waals surface area contributed by atoms with Gasteiger partial charge in [0.05, 0.1) is 18.8 Å². The third kappa shape index (κ3) is 3.54. The van der Waals surface area contributed by atoms with Gasteiger partial charge in [0.1, 0.15) is 5.60 Å². The molecule has 0 bridgehead atoms. The van der Waals surface area contributed by atoms with E-state index in [1.807, 2.05) is 25.1 Å². The summed E-state index contributed by atoms with van der Waals surface area (Å²) < 4.78 is 10.7. The highest BCUT2D eigenvalue weighted by Crippen LogP contribution is 2.26. The van der Waals surface area contributed by atoms with Crippen LogP contribution in [0.25, 0.3) is 0 Å². The van der Waals surface area contributed by atoms with Crippen molar-refractivity contribution in [2.45, 2.75) is 31.1 Å². The Bertz CT molecular complexity index is 384. The van der Waals surface area contributed by atoms with Gasteiger partial charge in [-0.1, -0.05) is 30.3 Å². The van der Waals surface area contributed by atoms with Gasteiger partial charge in [-0.25, -0.2) is 0 Å². The number of aliphatic hydroxyl groups is 1. The summed E-state index contributed by atoms with van der Waals surface area (Å²) in [6.45, 7) is 3.63. The van der Waals surface area contributed by atoms with Crippen molar-refractivity contribution in [3.63, 3.8) is 0 Å². The molecule has 4 heteroatoms. The van der Waals surface area contributed by atoms with E-state index in [0.717, 1.165) is 0 Å². The van der Waals surface area contributed by atoms with Crippen molar-refractivity contribution in [1.82, 2.24) is 5.32 Å². The minimum atomic E-state index is -0.777. The molecule has 3 atom stereocenters. The average molecular weight is 265 g/mol. The van der Waals surface area contributed by atoms with Crippen LogP contribution in [0.5, 0.6) is 0 Å². The maximum absolute atomic E-state index is 10.5. The third-order valence-corrected chi connectivity index (χ3v) is 3.85. The molecule has 0 spiro atoms. The Hall–Kier alpha value is -0.940. The molecule has 0 aromatic heterocycles. The quantitative estimate of drug-likeness (QED) is 0.818. The van der Waals surface area contributed by atoms with Crippen LogP contribution < -0.4 is 5.32 Å². The Kier molecular flexibility index (Phi) is 4.93. The summed E-state index contributed by atoms with van der Waals surface area (Å²) in [5.74, 6) is 0. The second-order valence-electron chi connectivity index (χ2n) is 5.17. The van der Waals surface area contributed by atoms with E-state index in [2.05, 4.69) is 17.4 Å². The van der Waals surface area contributed by atoms with Crippen LogP contribution in [0.4, 0.5) is 0 Å². The second kappa shape index (κ2) is 6.48. The zero-order valence-corrected chi connectivity index (χ0v) is 11.6. The van der Waals surface area contributed by atoms with Gasteiger partial charge in [-0.15, -0.1) is 0 Å². The molecule has 0 amide bonds. The SMILES string of the molecule is COCC(NCC1(O)CCOC1C)c1ccccc1. The molecular weight excluding hydrogens is 242 g/mol. The van der Waals surface area contributed by atoms with Crippen molar-refractivity contribution in [3.8, 4) is 0 Å². The van der Waals surface area contributed by atoms with Crippen molar-refractivity contribution >= 4 is 0 Å². The van der Waals surface area contributed by atoms with Gasteiger partial charge in [0.25, 0.3) is 0 Å². The Balaban J connectivity index is 1.98. The van der Waals surface area contributed by atoms with E-state index in [4.69, 9.17) is 9.47 Å². The second-order valence-corrected chi connectivity index (χ2v) is 5.17. The van der Waals surface area contributed by atoms with Crippen molar-refractivity contribution < 1.29 is 14.6 Å². The monoisotopic (exact) mass is 265 g/mol. The molecule has 0 saturated carbocycles. The van der Waals surface area contributed by atoms with Gasteiger partial charge in [-0.3, -0.25) is 0 Å². The Morgan fingerprint density at radius 1 is 1.47 bits per heavy atom. The summed E-state index contributed by atoms with van der Waals surface area (Å²) in [6, 6.07) is 10.2. The van der Waals surface area contributed by atoms with Crippen LogP contribution in [0.3, 0.4) is 0 Å². The minimum Gasteiger partial charge on any atom is -0.386 e. The summed E-state index contributed by atoms with van der Waals surface area (Å²) >= 11 is 0. The standard InChI is InChI=1S/C15H23NO3/c1-12-15(17,8-9-19-12)11-16-14(10-18-2)13-6-4-3-5-7-13/h3-7,12,14,16-17H,8-11H2,1-2H3. The molecule has 1 aliphatic heterocycles. The fourth-order valence-corrected chi connectivity index (χ4v) is 2.43. The lowest BCUT2D eigenvalue weighted by molar-refractivity contribution is -0.0291. The van der Waals surface area contributed by atoms with E-state index < -0.39 is 5.60 Å². The van der Waals surface area contributed by atoms with Crippen LogP contribution >= 0.6 is 0 Å². The van der Waals surface area contributed by atoms with Crippen LogP contribution in [-0.2, 0) is 9.47 Å². The smallest absolute Gasteiger partial charge is 0.105 e. The van der Waals surface area contributed by atoms with E-state index in [-0.39, 0.29) is 12.1 Å². The largest absolute Gasteiger partial charge is 0.386 e. The fourth-order valence-electron chi connectivity index (χ4n) is 2.43. The molecule has 2 N–H and O–H groups in total. The van der Waals surface area contributed by atoms with Gasteiger partial charge in [-0.05, 0) is 12.5 Å². The first-order valence-corrected chi connectivity index (χ1v) is 6.77. The summed E-state index contributed by atoms with van der Waals surface area (Å²) in [4.78, 5) is 0. The van der Waals surface area contributed by atoms with Gasteiger partial charge in [0.2, 0.25) is 0 Å². The third-order valence-electron chi connectivity index (χ3n) is 3.85. The van der Waals surface area contributed by atoms with Crippen molar-refractivity contribution in [2.24, 2.45) is 0 Å². The number of benzene rings is 1. The van der Waals surface area contributed by atoms with Gasteiger partial charge < -0.3 is 19.9 Å². The number of hydrogen-bond acceptors (Lipinski definition) is 4. The molecule has 1 heterocycles. The highest BCUT2D eigenvalue weighted by Gasteiger charge is 2.39. The number of nitrogens with one attached hydrogen (secondary N) is 1. The van der Waals surface area contributed by atoms with Crippen molar-refractivity contribution in [1.29, 1.82) is 0 Å². The lowest BCUT2D eigenvalue weighted by Crippen LogP contribution is -2.47. The number of ether oxygens (including phenoxy) is 2. The topological polar surface area (TPSA) is 50.7 Å². The van der Waals surface area contributed by atoms with Crippen LogP contribution in [-0.4, -0.2) is 43.7 Å². The Morgan fingerprint density at radius 3 is 2.79 bits per heavy atom. The van der Waals surface area contributed by atoms with E-state index in [1.54, 1.807) is 7.11 Å². The fraction of sp³-hybridized carbons (Fsp3) is 0.600. The first-order valence-electron chi connectivity index (χ1n) is 6.77. The zero-order valence-electron chi connectivity index (χ0n) is 11.6. The van der Waals surface area contributed by atoms with E-state index in [1.165, 1.54) is 5.56 Å². The van der Waals surface area contributed by atoms with Gasteiger partial charge in [0, 0.05) is 26.7 Å². The molecule has 19 heavy (non-hydrogen) atoms. The van der Waals surface area contributed by atoms with E-state index in [9.17, 15) is 5.11 Å². The first-order chi connectivity index (χ1) is 9.15. The number of methoxy groups -OCH3 is 1. The predicted octanol–water partition coefficient (Wildman–Crippen LogP) is 1.50. The van der Waals surface area contributed by atoms with Crippen molar-refractivity contribution in [3.05, 3.63) is 35.9 Å².